The molecule has 6 aromatic rings. The zero-order valence-electron chi connectivity index (χ0n) is 58.4. The summed E-state index contributed by atoms with van der Waals surface area (Å²) in [5.41, 5.74) is 11.7. The summed E-state index contributed by atoms with van der Waals surface area (Å²) in [6.45, 7) is 12.5. The third-order valence-corrected chi connectivity index (χ3v) is 22.1. The number of aromatic nitrogens is 4. The van der Waals surface area contributed by atoms with Crippen LogP contribution in [0.15, 0.2) is 97.2 Å². The number of para-hydroxylation sites is 1. The molecular weight excluding hydrogens is 1350 g/mol. The summed E-state index contributed by atoms with van der Waals surface area (Å²) in [5, 5.41) is 36.4. The van der Waals surface area contributed by atoms with Gasteiger partial charge in [-0.3, -0.25) is 33.6 Å². The Morgan fingerprint density at radius 3 is 2.27 bits per heavy atom. The highest BCUT2D eigenvalue weighted by Gasteiger charge is 2.66. The summed E-state index contributed by atoms with van der Waals surface area (Å²) in [5.74, 6) is -3.76. The Hall–Kier alpha value is -9.32. The molecule has 2 unspecified atom stereocenters. The Morgan fingerprint density at radius 2 is 1.57 bits per heavy atom. The van der Waals surface area contributed by atoms with Crippen LogP contribution in [-0.4, -0.2) is 153 Å². The predicted octanol–water partition coefficient (Wildman–Crippen LogP) is 8.30. The van der Waals surface area contributed by atoms with E-state index in [4.69, 9.17) is 35.4 Å². The molecule has 4 fully saturated rings. The minimum Gasteiger partial charge on any atom is -0.476 e. The van der Waals surface area contributed by atoms with Crippen LogP contribution in [0.3, 0.4) is 0 Å². The summed E-state index contributed by atoms with van der Waals surface area (Å²) in [7, 11) is -4.00. The topological polar surface area (TPSA) is 375 Å². The molecule has 6 aliphatic rings. The van der Waals surface area contributed by atoms with Gasteiger partial charge in [0.25, 0.3) is 11.8 Å². The SMILES string of the molecule is Cc1c(-c2ccc(N3CCc4cccc(CNc5nc6ccccc6s5)c4C3)nc2C(=O)O)cnn1CC12CC3(C)CC(C)(C1)CC(OCCN(CCS(N)(=O)=O)C(=O)OCc1ccc(NC(=O)[C@H](CCCNC(N)=O)NC(=O)[C@@H](NC(=O)CCCCCN4C(=O)C=CC4=O)C(C)C)cc1)(C3)C2. The Balaban J connectivity index is 0.694. The minimum absolute atomic E-state index is 0.00489. The van der Waals surface area contributed by atoms with Gasteiger partial charge in [-0.05, 0) is 158 Å². The van der Waals surface area contributed by atoms with Crippen molar-refractivity contribution in [2.24, 2.45) is 33.0 Å². The van der Waals surface area contributed by atoms with Crippen LogP contribution in [0, 0.1) is 29.1 Å². The van der Waals surface area contributed by atoms with Crippen molar-refractivity contribution < 1.29 is 61.4 Å². The quantitative estimate of drug-likeness (QED) is 0.0142. The number of unbranched alkanes of at least 4 members (excludes halogenated alkanes) is 2. The fourth-order valence-electron chi connectivity index (χ4n) is 16.7. The number of carbonyl (C=O) groups is 8. The number of carboxylic acid groups (broad SMARTS) is 1. The fraction of sp³-hybridized carbons (Fsp3) is 0.493. The number of hydrogen-bond donors (Lipinski definition) is 8. The third kappa shape index (κ3) is 18.1. The number of fused-ring (bicyclic) bond motifs is 2. The van der Waals surface area contributed by atoms with Gasteiger partial charge in [0, 0.05) is 93.4 Å². The number of hydrogen-bond acceptors (Lipinski definition) is 18. The summed E-state index contributed by atoms with van der Waals surface area (Å²) < 4.78 is 40.6. The second kappa shape index (κ2) is 31.1. The van der Waals surface area contributed by atoms with Crippen molar-refractivity contribution in [2.75, 3.05) is 60.6 Å². The van der Waals surface area contributed by atoms with Crippen LogP contribution in [0.4, 0.5) is 26.2 Å². The van der Waals surface area contributed by atoms with Gasteiger partial charge in [0.2, 0.25) is 27.7 Å². The number of thiazole rings is 1. The van der Waals surface area contributed by atoms with Crippen LogP contribution < -0.4 is 42.4 Å². The maximum Gasteiger partial charge on any atom is 0.410 e. The molecule has 0 saturated heterocycles. The molecule has 5 heterocycles. The van der Waals surface area contributed by atoms with Crippen molar-refractivity contribution in [3.8, 4) is 11.1 Å². The Kier molecular flexibility index (Phi) is 22.5. The highest BCUT2D eigenvalue weighted by molar-refractivity contribution is 7.89. The summed E-state index contributed by atoms with van der Waals surface area (Å²) >= 11 is 1.62. The number of nitrogens with zero attached hydrogens (tertiary/aromatic N) is 7. The molecule has 102 heavy (non-hydrogen) atoms. The third-order valence-electron chi connectivity index (χ3n) is 20.3. The molecule has 12 rings (SSSR count). The lowest BCUT2D eigenvalue weighted by Crippen LogP contribution is -2.64. The number of pyridine rings is 1. The number of primary sulfonamides is 1. The Bertz CT molecular complexity index is 4240. The smallest absolute Gasteiger partial charge is 0.410 e. The van der Waals surface area contributed by atoms with E-state index in [1.165, 1.54) is 28.2 Å². The van der Waals surface area contributed by atoms with Gasteiger partial charge in [0.05, 0.1) is 34.4 Å². The second-order valence-corrected chi connectivity index (χ2v) is 32.1. The standard InChI is InChI=1S/C73H92N14O13S2/c1-46(2)62(83-59(88)18-7-6-10-29-86-60(89)25-26-61(86)90)65(92)80-56(16-12-28-76-67(74)95)64(91)79-51-21-19-48(20-22-51)38-99-69(96)84(32-34-102(75,97)98)31-33-100-73-42-70(4)39-71(5,43-73)41-72(40-70,44-73)45-87-47(3)53(36-78-87)52-23-24-58(82-63(52)66(93)94)85-30-27-49-13-11-14-50(54(49)37-85)35-77-68-81-55-15-8-9-17-57(55)101-68/h8-9,11,13-15,17,19-26,36,46,56,62H,6-7,10,12,16,18,27-35,37-45H2,1-5H3,(H,77,81)(H,79,91)(H,80,92)(H,83,88)(H,93,94)(H3,74,76,95)(H2,75,97,98)/t56-,62-,70?,71?,72?,73?/m0/s1. The number of sulfonamides is 1. The average Bonchev–Trinajstić information content (AvgIpc) is 0.725. The lowest BCUT2D eigenvalue weighted by Gasteiger charge is -2.69. The number of nitrogens with one attached hydrogen (secondary N) is 5. The van der Waals surface area contributed by atoms with E-state index in [-0.39, 0.29) is 104 Å². The van der Waals surface area contributed by atoms with Gasteiger partial charge in [0.15, 0.2) is 10.8 Å². The number of urea groups is 1. The molecule has 4 aliphatic carbocycles. The number of carbonyl (C=O) groups excluding carboxylic acids is 7. The maximum atomic E-state index is 14.0. The first-order valence-corrected chi connectivity index (χ1v) is 37.4. The molecule has 544 valence electrons. The molecule has 3 aromatic heterocycles. The van der Waals surface area contributed by atoms with Crippen LogP contribution in [0.2, 0.25) is 0 Å². The van der Waals surface area contributed by atoms with E-state index in [1.807, 2.05) is 41.9 Å². The first-order valence-electron chi connectivity index (χ1n) is 34.9. The zero-order valence-corrected chi connectivity index (χ0v) is 60.0. The van der Waals surface area contributed by atoms with Gasteiger partial charge in [-0.1, -0.05) is 87.9 Å². The first-order chi connectivity index (χ1) is 48.5. The number of aromatic carboxylic acids is 1. The predicted molar refractivity (Wildman–Crippen MR) is 385 cm³/mol. The van der Waals surface area contributed by atoms with Crippen LogP contribution in [0.25, 0.3) is 21.3 Å². The number of benzene rings is 3. The molecule has 0 radical (unpaired) electrons. The van der Waals surface area contributed by atoms with Crippen molar-refractivity contribution in [3.63, 3.8) is 0 Å². The van der Waals surface area contributed by atoms with Gasteiger partial charge in [-0.25, -0.2) is 37.9 Å². The van der Waals surface area contributed by atoms with Crippen molar-refractivity contribution in [1.29, 1.82) is 0 Å². The Morgan fingerprint density at radius 1 is 0.824 bits per heavy atom. The molecule has 4 atom stereocenters. The molecule has 4 bridgehead atoms. The van der Waals surface area contributed by atoms with Crippen molar-refractivity contribution in [2.45, 2.75) is 162 Å². The number of carboxylic acids is 1. The van der Waals surface area contributed by atoms with Crippen molar-refractivity contribution >= 4 is 95.8 Å². The second-order valence-electron chi connectivity index (χ2n) is 29.3. The minimum atomic E-state index is -4.00. The molecule has 2 aliphatic heterocycles. The first kappa shape index (κ1) is 73.9. The van der Waals surface area contributed by atoms with Crippen LogP contribution in [0.5, 0.6) is 0 Å². The Labute approximate surface area is 597 Å². The van der Waals surface area contributed by atoms with Crippen molar-refractivity contribution in [1.82, 2.24) is 45.5 Å². The number of amides is 8. The molecule has 3 aromatic carbocycles. The van der Waals surface area contributed by atoms with Gasteiger partial charge >= 0.3 is 18.1 Å². The van der Waals surface area contributed by atoms with Crippen LogP contribution in [0.1, 0.15) is 143 Å². The largest absolute Gasteiger partial charge is 0.476 e. The summed E-state index contributed by atoms with van der Waals surface area (Å²) in [6.07, 6.45) is 11.3. The van der Waals surface area contributed by atoms with E-state index in [0.29, 0.717) is 80.1 Å². The zero-order chi connectivity index (χ0) is 72.7. The van der Waals surface area contributed by atoms with E-state index in [9.17, 15) is 51.9 Å². The molecular formula is C73H92N14O13S2. The number of anilines is 3. The fourth-order valence-corrected chi connectivity index (χ4v) is 18.1. The van der Waals surface area contributed by atoms with Crippen LogP contribution in [-0.2, 0) is 76.1 Å². The average molecular weight is 1440 g/mol. The molecule has 10 N–H and O–H groups in total. The number of ether oxygens (including phenoxy) is 2. The van der Waals surface area contributed by atoms with E-state index in [2.05, 4.69) is 69.6 Å². The van der Waals surface area contributed by atoms with E-state index in [1.54, 1.807) is 55.6 Å². The number of rotatable bonds is 33. The normalized spacial score (nSPS) is 21.0. The van der Waals surface area contributed by atoms with Gasteiger partial charge < -0.3 is 56.7 Å². The summed E-state index contributed by atoms with van der Waals surface area (Å²) in [6, 6.07) is 21.8. The maximum absolute atomic E-state index is 14.0. The van der Waals surface area contributed by atoms with Crippen LogP contribution >= 0.6 is 11.3 Å². The number of nitrogens with two attached hydrogens (primary N) is 2. The van der Waals surface area contributed by atoms with E-state index in [0.717, 1.165) is 70.0 Å². The molecule has 8 amide bonds. The molecule has 27 nitrogen and oxygen atoms in total. The molecule has 0 spiro atoms. The highest BCUT2D eigenvalue weighted by Crippen LogP contribution is 2.72. The van der Waals surface area contributed by atoms with E-state index < -0.39 is 63.4 Å². The monoisotopic (exact) mass is 1440 g/mol. The van der Waals surface area contributed by atoms with E-state index >= 15 is 0 Å². The molecule has 4 saturated carbocycles. The number of primary amides is 1. The lowest BCUT2D eigenvalue weighted by atomic mass is 9.39. The summed E-state index contributed by atoms with van der Waals surface area (Å²) in [4.78, 5) is 117. The van der Waals surface area contributed by atoms with Gasteiger partial charge in [-0.15, -0.1) is 0 Å². The highest BCUT2D eigenvalue weighted by atomic mass is 32.2. The van der Waals surface area contributed by atoms with Gasteiger partial charge in [0.1, 0.15) is 24.5 Å². The van der Waals surface area contributed by atoms with Gasteiger partial charge in [-0.2, -0.15) is 5.10 Å². The van der Waals surface area contributed by atoms with Crippen molar-refractivity contribution in [3.05, 3.63) is 131 Å². The molecule has 29 heteroatoms. The lowest BCUT2D eigenvalue weighted by molar-refractivity contribution is -0.248. The number of imide groups is 1.